The smallest absolute Gasteiger partial charge is 0.245 e. The van der Waals surface area contributed by atoms with Crippen molar-refractivity contribution in [1.82, 2.24) is 24.8 Å². The Morgan fingerprint density at radius 1 is 1.20 bits per heavy atom. The van der Waals surface area contributed by atoms with Gasteiger partial charge in [0.05, 0.1) is 11.1 Å². The van der Waals surface area contributed by atoms with E-state index < -0.39 is 0 Å². The number of aromatic nitrogens is 4. The van der Waals surface area contributed by atoms with Crippen LogP contribution in [0.3, 0.4) is 0 Å². The highest BCUT2D eigenvalue weighted by atomic mass is 19.1. The average molecular weight is 472 g/mol. The molecule has 1 aromatic carbocycles. The fraction of sp³-hybridized carbons (Fsp3) is 0.231. The highest BCUT2D eigenvalue weighted by Crippen LogP contribution is 2.36. The van der Waals surface area contributed by atoms with Crippen molar-refractivity contribution in [3.05, 3.63) is 84.7 Å². The van der Waals surface area contributed by atoms with E-state index in [2.05, 4.69) is 37.1 Å². The summed E-state index contributed by atoms with van der Waals surface area (Å²) in [5.74, 6) is 1.12. The molecule has 8 nitrogen and oxygen atoms in total. The number of carbonyl (C=O) groups excluding carboxylic acids is 1. The molecule has 4 aromatic rings. The molecule has 9 heteroatoms. The van der Waals surface area contributed by atoms with Gasteiger partial charge in [-0.2, -0.15) is 0 Å². The predicted molar refractivity (Wildman–Crippen MR) is 134 cm³/mol. The molecule has 4 heterocycles. The number of pyridine rings is 1. The van der Waals surface area contributed by atoms with Gasteiger partial charge in [0.25, 0.3) is 0 Å². The lowest BCUT2D eigenvalue weighted by Crippen LogP contribution is -2.36. The predicted octanol–water partition coefficient (Wildman–Crippen LogP) is 4.74. The first-order valence-electron chi connectivity index (χ1n) is 11.6. The molecule has 0 atom stereocenters. The first-order valence-corrected chi connectivity index (χ1v) is 11.6. The number of rotatable bonds is 7. The Bertz CT molecular complexity index is 1350. The van der Waals surface area contributed by atoms with Crippen LogP contribution in [-0.4, -0.2) is 43.8 Å². The standard InChI is InChI=1S/C26H26FN7O/c1-2-23(35)34-11-8-18(9-12-34)19-15-30-25-24(19)26(32-16-31-25)33-21-7-6-17(13-20(21)27)14-29-22-5-3-4-10-28-22/h2-7,10,13,15-16,18H,1,8-9,11-12,14H2,(H,28,29)(H2,30,31,32,33). The van der Waals surface area contributed by atoms with Crippen LogP contribution in [0, 0.1) is 5.82 Å². The highest BCUT2D eigenvalue weighted by molar-refractivity contribution is 5.92. The van der Waals surface area contributed by atoms with Gasteiger partial charge in [0.2, 0.25) is 5.91 Å². The Hall–Kier alpha value is -4.27. The summed E-state index contributed by atoms with van der Waals surface area (Å²) >= 11 is 0. The van der Waals surface area contributed by atoms with Crippen LogP contribution in [0.15, 0.2) is 67.8 Å². The number of piperidine rings is 1. The van der Waals surface area contributed by atoms with E-state index in [4.69, 9.17) is 0 Å². The number of hydrogen-bond acceptors (Lipinski definition) is 6. The average Bonchev–Trinajstić information content (AvgIpc) is 3.34. The summed E-state index contributed by atoms with van der Waals surface area (Å²) in [6.45, 7) is 5.37. The van der Waals surface area contributed by atoms with E-state index in [-0.39, 0.29) is 17.6 Å². The molecule has 1 fully saturated rings. The third-order valence-corrected chi connectivity index (χ3v) is 6.35. The second kappa shape index (κ2) is 9.92. The minimum absolute atomic E-state index is 0.0396. The Morgan fingerprint density at radius 2 is 2.06 bits per heavy atom. The van der Waals surface area contributed by atoms with Crippen LogP contribution in [-0.2, 0) is 11.3 Å². The zero-order valence-electron chi connectivity index (χ0n) is 19.2. The number of nitrogens with zero attached hydrogens (tertiary/aromatic N) is 4. The van der Waals surface area contributed by atoms with Crippen molar-refractivity contribution in [3.8, 4) is 0 Å². The monoisotopic (exact) mass is 471 g/mol. The molecule has 0 bridgehead atoms. The molecule has 3 aromatic heterocycles. The lowest BCUT2D eigenvalue weighted by molar-refractivity contribution is -0.127. The van der Waals surface area contributed by atoms with Crippen LogP contribution in [0.1, 0.15) is 29.9 Å². The van der Waals surface area contributed by atoms with Crippen molar-refractivity contribution in [3.63, 3.8) is 0 Å². The molecular formula is C26H26FN7O. The Morgan fingerprint density at radius 3 is 2.80 bits per heavy atom. The lowest BCUT2D eigenvalue weighted by Gasteiger charge is -2.31. The van der Waals surface area contributed by atoms with Gasteiger partial charge in [-0.1, -0.05) is 18.7 Å². The number of H-pyrrole nitrogens is 1. The van der Waals surface area contributed by atoms with Gasteiger partial charge in [-0.05, 0) is 60.2 Å². The van der Waals surface area contributed by atoms with Crippen molar-refractivity contribution in [2.75, 3.05) is 23.7 Å². The minimum Gasteiger partial charge on any atom is -0.366 e. The van der Waals surface area contributed by atoms with Gasteiger partial charge >= 0.3 is 0 Å². The molecular weight excluding hydrogens is 445 g/mol. The van der Waals surface area contributed by atoms with E-state index in [0.717, 1.165) is 35.2 Å². The second-order valence-corrected chi connectivity index (χ2v) is 8.50. The molecule has 0 radical (unpaired) electrons. The molecule has 1 amide bonds. The zero-order chi connectivity index (χ0) is 24.2. The Labute approximate surface area is 202 Å². The summed E-state index contributed by atoms with van der Waals surface area (Å²) in [4.78, 5) is 29.9. The van der Waals surface area contributed by atoms with Crippen molar-refractivity contribution >= 4 is 34.3 Å². The van der Waals surface area contributed by atoms with Crippen LogP contribution >= 0.6 is 0 Å². The summed E-state index contributed by atoms with van der Waals surface area (Å²) in [5, 5.41) is 7.19. The molecule has 0 spiro atoms. The summed E-state index contributed by atoms with van der Waals surface area (Å²) < 4.78 is 15.0. The molecule has 0 aliphatic carbocycles. The first-order chi connectivity index (χ1) is 17.1. The molecule has 0 unspecified atom stereocenters. The van der Waals surface area contributed by atoms with E-state index in [1.807, 2.05) is 35.4 Å². The third kappa shape index (κ3) is 4.84. The number of aromatic amines is 1. The third-order valence-electron chi connectivity index (χ3n) is 6.35. The summed E-state index contributed by atoms with van der Waals surface area (Å²) in [5.41, 5.74) is 2.91. The van der Waals surface area contributed by atoms with Crippen molar-refractivity contribution < 1.29 is 9.18 Å². The van der Waals surface area contributed by atoms with Crippen LogP contribution in [0.25, 0.3) is 11.0 Å². The van der Waals surface area contributed by atoms with Crippen LogP contribution in [0.5, 0.6) is 0 Å². The van der Waals surface area contributed by atoms with Gasteiger partial charge in [0.1, 0.15) is 29.4 Å². The van der Waals surface area contributed by atoms with E-state index in [9.17, 15) is 9.18 Å². The SMILES string of the molecule is C=CC(=O)N1CCC(c2c[nH]c3ncnc(Nc4ccc(CNc5ccccn5)cc4F)c23)CC1. The molecule has 3 N–H and O–H groups in total. The molecule has 0 saturated carbocycles. The fourth-order valence-corrected chi connectivity index (χ4v) is 4.50. The molecule has 1 aliphatic heterocycles. The minimum atomic E-state index is -0.370. The largest absolute Gasteiger partial charge is 0.366 e. The highest BCUT2D eigenvalue weighted by Gasteiger charge is 2.26. The van der Waals surface area contributed by atoms with Gasteiger partial charge in [0.15, 0.2) is 0 Å². The normalized spacial score (nSPS) is 14.1. The number of amides is 1. The summed E-state index contributed by atoms with van der Waals surface area (Å²) in [6.07, 6.45) is 8.12. The van der Waals surface area contributed by atoms with Gasteiger partial charge in [-0.15, -0.1) is 0 Å². The lowest BCUT2D eigenvalue weighted by atomic mass is 9.89. The van der Waals surface area contributed by atoms with E-state index in [0.29, 0.717) is 36.8 Å². The number of hydrogen-bond donors (Lipinski definition) is 3. The first kappa shape index (κ1) is 22.5. The van der Waals surface area contributed by atoms with Crippen molar-refractivity contribution in [1.29, 1.82) is 0 Å². The van der Waals surface area contributed by atoms with Crippen molar-refractivity contribution in [2.45, 2.75) is 25.3 Å². The van der Waals surface area contributed by atoms with Crippen molar-refractivity contribution in [2.24, 2.45) is 0 Å². The number of fused-ring (bicyclic) bond motifs is 1. The van der Waals surface area contributed by atoms with Gasteiger partial charge in [-0.25, -0.2) is 19.3 Å². The maximum Gasteiger partial charge on any atom is 0.245 e. The number of nitrogens with one attached hydrogen (secondary N) is 3. The number of carbonyl (C=O) groups is 1. The van der Waals surface area contributed by atoms with Crippen LogP contribution in [0.2, 0.25) is 0 Å². The maximum absolute atomic E-state index is 15.0. The Balaban J connectivity index is 1.34. The number of likely N-dealkylation sites (tertiary alicyclic amines) is 1. The number of benzene rings is 1. The second-order valence-electron chi connectivity index (χ2n) is 8.50. The number of anilines is 3. The molecule has 1 aliphatic rings. The summed E-state index contributed by atoms with van der Waals surface area (Å²) in [7, 11) is 0. The van der Waals surface area contributed by atoms with Gasteiger partial charge < -0.3 is 20.5 Å². The van der Waals surface area contributed by atoms with Crippen LogP contribution < -0.4 is 10.6 Å². The van der Waals surface area contributed by atoms with E-state index >= 15 is 0 Å². The molecule has 178 valence electrons. The number of halogens is 1. The summed E-state index contributed by atoms with van der Waals surface area (Å²) in [6, 6.07) is 10.7. The molecule has 35 heavy (non-hydrogen) atoms. The van der Waals surface area contributed by atoms with Crippen LogP contribution in [0.4, 0.5) is 21.7 Å². The Kier molecular flexibility index (Phi) is 6.38. The maximum atomic E-state index is 15.0. The topological polar surface area (TPSA) is 98.8 Å². The fourth-order valence-electron chi connectivity index (χ4n) is 4.50. The molecule has 5 rings (SSSR count). The van der Waals surface area contributed by atoms with Gasteiger partial charge in [0, 0.05) is 32.0 Å². The zero-order valence-corrected chi connectivity index (χ0v) is 19.2. The van der Waals surface area contributed by atoms with E-state index in [1.54, 1.807) is 12.3 Å². The molecule has 1 saturated heterocycles. The van der Waals surface area contributed by atoms with Gasteiger partial charge in [-0.3, -0.25) is 4.79 Å². The van der Waals surface area contributed by atoms with E-state index in [1.165, 1.54) is 18.5 Å². The quantitative estimate of drug-likeness (QED) is 0.337.